The lowest BCUT2D eigenvalue weighted by Gasteiger charge is -2.30. The van der Waals surface area contributed by atoms with Crippen LogP contribution < -0.4 is 5.32 Å². The van der Waals surface area contributed by atoms with Crippen molar-refractivity contribution in [3.63, 3.8) is 0 Å². The summed E-state index contributed by atoms with van der Waals surface area (Å²) in [7, 11) is 1.78. The second-order valence-electron chi connectivity index (χ2n) is 6.46. The van der Waals surface area contributed by atoms with Crippen LogP contribution in [0.15, 0.2) is 0 Å². The highest BCUT2D eigenvalue weighted by Crippen LogP contribution is 2.22. The van der Waals surface area contributed by atoms with Gasteiger partial charge in [-0.25, -0.2) is 0 Å². The van der Waals surface area contributed by atoms with Crippen molar-refractivity contribution in [1.29, 1.82) is 0 Å². The fourth-order valence-corrected chi connectivity index (χ4v) is 2.40. The zero-order valence-electron chi connectivity index (χ0n) is 11.6. The zero-order valence-corrected chi connectivity index (χ0v) is 11.6. The molecule has 3 heteroatoms. The zero-order chi connectivity index (χ0) is 12.2. The summed E-state index contributed by atoms with van der Waals surface area (Å²) >= 11 is 0. The first-order valence-electron chi connectivity index (χ1n) is 6.31. The Morgan fingerprint density at radius 1 is 1.19 bits per heavy atom. The third-order valence-electron chi connectivity index (χ3n) is 3.14. The molecule has 0 radical (unpaired) electrons. The maximum Gasteiger partial charge on any atom is 0.0474 e. The van der Waals surface area contributed by atoms with E-state index in [9.17, 15) is 0 Å². The fraction of sp³-hybridized carbons (Fsp3) is 1.00. The summed E-state index contributed by atoms with van der Waals surface area (Å²) < 4.78 is 5.13. The van der Waals surface area contributed by atoms with Crippen LogP contribution >= 0.6 is 0 Å². The van der Waals surface area contributed by atoms with E-state index in [-0.39, 0.29) is 5.54 Å². The second-order valence-corrected chi connectivity index (χ2v) is 6.46. The SMILES string of the molecule is COCCCN1CC(C)(C)CNC(C)(C)C1. The normalized spacial score (nSPS) is 25.3. The lowest BCUT2D eigenvalue weighted by atomic mass is 9.93. The molecule has 0 unspecified atom stereocenters. The van der Waals surface area contributed by atoms with Crippen LogP contribution in [0.4, 0.5) is 0 Å². The van der Waals surface area contributed by atoms with Gasteiger partial charge in [0.25, 0.3) is 0 Å². The predicted molar refractivity (Wildman–Crippen MR) is 68.8 cm³/mol. The van der Waals surface area contributed by atoms with Gasteiger partial charge >= 0.3 is 0 Å². The van der Waals surface area contributed by atoms with E-state index in [0.29, 0.717) is 5.41 Å². The molecule has 1 saturated heterocycles. The number of rotatable bonds is 4. The van der Waals surface area contributed by atoms with E-state index in [1.54, 1.807) is 7.11 Å². The number of hydrogen-bond donors (Lipinski definition) is 1. The van der Waals surface area contributed by atoms with Crippen LogP contribution in [0, 0.1) is 5.41 Å². The fourth-order valence-electron chi connectivity index (χ4n) is 2.40. The molecule has 1 N–H and O–H groups in total. The highest BCUT2D eigenvalue weighted by molar-refractivity contribution is 4.90. The summed E-state index contributed by atoms with van der Waals surface area (Å²) in [4.78, 5) is 2.57. The molecule has 96 valence electrons. The summed E-state index contributed by atoms with van der Waals surface area (Å²) in [5.41, 5.74) is 0.585. The molecule has 16 heavy (non-hydrogen) atoms. The van der Waals surface area contributed by atoms with Gasteiger partial charge in [-0.3, -0.25) is 0 Å². The molecular weight excluding hydrogens is 200 g/mol. The smallest absolute Gasteiger partial charge is 0.0474 e. The predicted octanol–water partition coefficient (Wildman–Crippen LogP) is 1.73. The van der Waals surface area contributed by atoms with Crippen molar-refractivity contribution in [2.75, 3.05) is 39.9 Å². The van der Waals surface area contributed by atoms with Crippen LogP contribution in [-0.2, 0) is 4.74 Å². The van der Waals surface area contributed by atoms with Crippen molar-refractivity contribution in [2.24, 2.45) is 5.41 Å². The molecule has 1 aliphatic heterocycles. The molecule has 1 heterocycles. The third-order valence-corrected chi connectivity index (χ3v) is 3.14. The van der Waals surface area contributed by atoms with Crippen LogP contribution in [0.2, 0.25) is 0 Å². The van der Waals surface area contributed by atoms with Crippen LogP contribution in [0.1, 0.15) is 34.1 Å². The van der Waals surface area contributed by atoms with Gasteiger partial charge in [0, 0.05) is 45.4 Å². The molecule has 0 aliphatic carbocycles. The quantitative estimate of drug-likeness (QED) is 0.742. The molecular formula is C13H28N2O. The Morgan fingerprint density at radius 2 is 1.88 bits per heavy atom. The monoisotopic (exact) mass is 228 g/mol. The van der Waals surface area contributed by atoms with Gasteiger partial charge in [-0.15, -0.1) is 0 Å². The van der Waals surface area contributed by atoms with Crippen LogP contribution in [0.5, 0.6) is 0 Å². The first-order valence-corrected chi connectivity index (χ1v) is 6.31. The van der Waals surface area contributed by atoms with Crippen molar-refractivity contribution in [2.45, 2.75) is 39.7 Å². The average Bonchev–Trinajstić information content (AvgIpc) is 2.23. The van der Waals surface area contributed by atoms with Crippen molar-refractivity contribution in [3.8, 4) is 0 Å². The topological polar surface area (TPSA) is 24.5 Å². The number of nitrogens with zero attached hydrogens (tertiary/aromatic N) is 1. The highest BCUT2D eigenvalue weighted by Gasteiger charge is 2.31. The Hall–Kier alpha value is -0.120. The van der Waals surface area contributed by atoms with Gasteiger partial charge in [0.1, 0.15) is 0 Å². The Kier molecular flexibility index (Phi) is 4.77. The van der Waals surface area contributed by atoms with E-state index in [0.717, 1.165) is 32.7 Å². The van der Waals surface area contributed by atoms with E-state index in [1.807, 2.05) is 0 Å². The molecule has 0 atom stereocenters. The second kappa shape index (κ2) is 5.48. The number of methoxy groups -OCH3 is 1. The molecule has 0 aromatic carbocycles. The molecule has 1 aliphatic rings. The van der Waals surface area contributed by atoms with E-state index in [4.69, 9.17) is 4.74 Å². The summed E-state index contributed by atoms with van der Waals surface area (Å²) in [5, 5.41) is 3.66. The lowest BCUT2D eigenvalue weighted by molar-refractivity contribution is 0.148. The Bertz CT molecular complexity index is 196. The van der Waals surface area contributed by atoms with Gasteiger partial charge < -0.3 is 15.0 Å². The first kappa shape index (κ1) is 13.9. The minimum Gasteiger partial charge on any atom is -0.385 e. The molecule has 0 spiro atoms. The molecule has 0 bridgehead atoms. The van der Waals surface area contributed by atoms with Crippen LogP contribution in [0.25, 0.3) is 0 Å². The highest BCUT2D eigenvalue weighted by atomic mass is 16.5. The maximum atomic E-state index is 5.13. The minimum atomic E-state index is 0.223. The Morgan fingerprint density at radius 3 is 2.50 bits per heavy atom. The van der Waals surface area contributed by atoms with E-state index in [1.165, 1.54) is 6.54 Å². The maximum absolute atomic E-state index is 5.13. The Balaban J connectivity index is 2.52. The summed E-state index contributed by atoms with van der Waals surface area (Å²) in [5.74, 6) is 0. The molecule has 1 rings (SSSR count). The van der Waals surface area contributed by atoms with Crippen molar-refractivity contribution >= 4 is 0 Å². The first-order chi connectivity index (χ1) is 7.35. The van der Waals surface area contributed by atoms with Gasteiger partial charge in [-0.1, -0.05) is 13.8 Å². The molecule has 0 aromatic heterocycles. The van der Waals surface area contributed by atoms with Gasteiger partial charge in [-0.2, -0.15) is 0 Å². The van der Waals surface area contributed by atoms with Crippen LogP contribution in [0.3, 0.4) is 0 Å². The number of ether oxygens (including phenoxy) is 1. The van der Waals surface area contributed by atoms with E-state index >= 15 is 0 Å². The van der Waals surface area contributed by atoms with Crippen molar-refractivity contribution in [1.82, 2.24) is 10.2 Å². The minimum absolute atomic E-state index is 0.223. The molecule has 0 aromatic rings. The van der Waals surface area contributed by atoms with E-state index in [2.05, 4.69) is 37.9 Å². The molecule has 1 fully saturated rings. The van der Waals surface area contributed by atoms with Crippen LogP contribution in [-0.4, -0.2) is 50.3 Å². The molecule has 0 amide bonds. The number of hydrogen-bond acceptors (Lipinski definition) is 3. The van der Waals surface area contributed by atoms with Gasteiger partial charge in [0.15, 0.2) is 0 Å². The third kappa shape index (κ3) is 4.81. The largest absolute Gasteiger partial charge is 0.385 e. The summed E-state index contributed by atoms with van der Waals surface area (Å²) in [6.45, 7) is 14.7. The van der Waals surface area contributed by atoms with E-state index < -0.39 is 0 Å². The Labute approximate surface area is 101 Å². The standard InChI is InChI=1S/C13H28N2O/c1-12(2)9-14-13(3,4)11-15(10-12)7-6-8-16-5/h14H,6-11H2,1-5H3. The lowest BCUT2D eigenvalue weighted by Crippen LogP contribution is -2.46. The molecule has 0 saturated carbocycles. The summed E-state index contributed by atoms with van der Waals surface area (Å²) in [6, 6.07) is 0. The van der Waals surface area contributed by atoms with Gasteiger partial charge in [0.2, 0.25) is 0 Å². The van der Waals surface area contributed by atoms with Crippen molar-refractivity contribution < 1.29 is 4.74 Å². The summed E-state index contributed by atoms with van der Waals surface area (Å²) in [6.07, 6.45) is 1.13. The van der Waals surface area contributed by atoms with Gasteiger partial charge in [-0.05, 0) is 25.7 Å². The molecule has 3 nitrogen and oxygen atoms in total. The van der Waals surface area contributed by atoms with Crippen molar-refractivity contribution in [3.05, 3.63) is 0 Å². The average molecular weight is 228 g/mol. The number of nitrogens with one attached hydrogen (secondary N) is 1. The van der Waals surface area contributed by atoms with Gasteiger partial charge in [0.05, 0.1) is 0 Å².